The number of rotatable bonds is 3. The Bertz CT molecular complexity index is 421. The molecule has 19 heavy (non-hydrogen) atoms. The highest BCUT2D eigenvalue weighted by molar-refractivity contribution is 7.99. The van der Waals surface area contributed by atoms with Gasteiger partial charge in [-0.05, 0) is 62.7 Å². The summed E-state index contributed by atoms with van der Waals surface area (Å²) in [7, 11) is 2.25. The van der Waals surface area contributed by atoms with Gasteiger partial charge in [0, 0.05) is 17.5 Å². The molecule has 3 rings (SSSR count). The predicted molar refractivity (Wildman–Crippen MR) is 82.7 cm³/mol. The number of piperidine rings is 1. The number of nitrogens with zero attached hydrogens (tertiary/aromatic N) is 1. The predicted octanol–water partition coefficient (Wildman–Crippen LogP) is 3.15. The SMILES string of the molecule is CN1CCCC(CNC2CCSc3ccccc32)C1. The van der Waals surface area contributed by atoms with E-state index in [2.05, 4.69) is 41.5 Å². The summed E-state index contributed by atoms with van der Waals surface area (Å²) in [5, 5.41) is 3.83. The molecule has 0 aliphatic carbocycles. The fourth-order valence-electron chi connectivity index (χ4n) is 3.30. The molecule has 1 fully saturated rings. The van der Waals surface area contributed by atoms with Crippen molar-refractivity contribution in [2.45, 2.75) is 30.2 Å². The Morgan fingerprint density at radius 3 is 3.11 bits per heavy atom. The lowest BCUT2D eigenvalue weighted by atomic mass is 9.97. The van der Waals surface area contributed by atoms with Crippen molar-refractivity contribution in [2.75, 3.05) is 32.4 Å². The second kappa shape index (κ2) is 6.29. The molecule has 2 heterocycles. The normalized spacial score (nSPS) is 28.1. The van der Waals surface area contributed by atoms with Crippen LogP contribution < -0.4 is 5.32 Å². The summed E-state index contributed by atoms with van der Waals surface area (Å²) in [4.78, 5) is 3.95. The Balaban J connectivity index is 1.59. The van der Waals surface area contributed by atoms with E-state index in [-0.39, 0.29) is 0 Å². The second-order valence-electron chi connectivity index (χ2n) is 5.91. The minimum Gasteiger partial charge on any atom is -0.310 e. The van der Waals surface area contributed by atoms with Crippen molar-refractivity contribution < 1.29 is 0 Å². The van der Waals surface area contributed by atoms with Gasteiger partial charge in [0.2, 0.25) is 0 Å². The van der Waals surface area contributed by atoms with Crippen LogP contribution in [-0.4, -0.2) is 37.3 Å². The number of thioether (sulfide) groups is 1. The highest BCUT2D eigenvalue weighted by Gasteiger charge is 2.22. The zero-order valence-electron chi connectivity index (χ0n) is 11.8. The van der Waals surface area contributed by atoms with Gasteiger partial charge in [-0.2, -0.15) is 0 Å². The molecule has 1 aromatic carbocycles. The number of likely N-dealkylation sites (tertiary alicyclic amines) is 1. The van der Waals surface area contributed by atoms with E-state index >= 15 is 0 Å². The van der Waals surface area contributed by atoms with Gasteiger partial charge in [-0.25, -0.2) is 0 Å². The third-order valence-electron chi connectivity index (χ3n) is 4.33. The van der Waals surface area contributed by atoms with Crippen molar-refractivity contribution in [3.05, 3.63) is 29.8 Å². The van der Waals surface area contributed by atoms with Crippen LogP contribution in [0.4, 0.5) is 0 Å². The molecule has 2 aliphatic rings. The van der Waals surface area contributed by atoms with E-state index in [1.54, 1.807) is 0 Å². The maximum absolute atomic E-state index is 3.83. The lowest BCUT2D eigenvalue weighted by Gasteiger charge is -2.32. The van der Waals surface area contributed by atoms with E-state index in [4.69, 9.17) is 0 Å². The Hall–Kier alpha value is -0.510. The third kappa shape index (κ3) is 3.33. The van der Waals surface area contributed by atoms with Gasteiger partial charge in [0.15, 0.2) is 0 Å². The first-order chi connectivity index (χ1) is 9.33. The maximum atomic E-state index is 3.83. The van der Waals surface area contributed by atoms with Crippen molar-refractivity contribution in [2.24, 2.45) is 5.92 Å². The van der Waals surface area contributed by atoms with Gasteiger partial charge in [0.05, 0.1) is 0 Å². The molecule has 3 heteroatoms. The number of nitrogens with one attached hydrogen (secondary N) is 1. The third-order valence-corrected chi connectivity index (χ3v) is 5.46. The van der Waals surface area contributed by atoms with Gasteiger partial charge in [-0.1, -0.05) is 18.2 Å². The van der Waals surface area contributed by atoms with Gasteiger partial charge in [0.1, 0.15) is 0 Å². The van der Waals surface area contributed by atoms with E-state index in [0.717, 1.165) is 5.92 Å². The standard InChI is InChI=1S/C16H24N2S/c1-18-9-4-5-13(12-18)11-17-15-8-10-19-16-7-3-2-6-14(15)16/h2-3,6-7,13,15,17H,4-5,8-12H2,1H3. The monoisotopic (exact) mass is 276 g/mol. The fourth-order valence-corrected chi connectivity index (χ4v) is 4.43. The average molecular weight is 276 g/mol. The molecule has 0 amide bonds. The molecule has 1 saturated heterocycles. The van der Waals surface area contributed by atoms with Crippen molar-refractivity contribution in [1.29, 1.82) is 0 Å². The average Bonchev–Trinajstić information content (AvgIpc) is 2.45. The second-order valence-corrected chi connectivity index (χ2v) is 7.04. The molecule has 0 saturated carbocycles. The van der Waals surface area contributed by atoms with Crippen molar-refractivity contribution in [3.8, 4) is 0 Å². The van der Waals surface area contributed by atoms with Crippen LogP contribution in [0.3, 0.4) is 0 Å². The van der Waals surface area contributed by atoms with Crippen LogP contribution in [0.2, 0.25) is 0 Å². The van der Waals surface area contributed by atoms with Crippen LogP contribution in [0.1, 0.15) is 30.9 Å². The van der Waals surface area contributed by atoms with Crippen LogP contribution in [0.25, 0.3) is 0 Å². The van der Waals surface area contributed by atoms with Crippen molar-refractivity contribution in [1.82, 2.24) is 10.2 Å². The highest BCUT2D eigenvalue weighted by Crippen LogP contribution is 2.35. The van der Waals surface area contributed by atoms with Crippen LogP contribution in [-0.2, 0) is 0 Å². The van der Waals surface area contributed by atoms with Crippen molar-refractivity contribution >= 4 is 11.8 Å². The molecule has 2 aliphatic heterocycles. The lowest BCUT2D eigenvalue weighted by molar-refractivity contribution is 0.202. The fraction of sp³-hybridized carbons (Fsp3) is 0.625. The first kappa shape index (κ1) is 13.5. The number of hydrogen-bond acceptors (Lipinski definition) is 3. The van der Waals surface area contributed by atoms with Crippen molar-refractivity contribution in [3.63, 3.8) is 0 Å². The number of benzene rings is 1. The largest absolute Gasteiger partial charge is 0.310 e. The zero-order chi connectivity index (χ0) is 13.1. The van der Waals surface area contributed by atoms with Crippen LogP contribution >= 0.6 is 11.8 Å². The molecule has 1 N–H and O–H groups in total. The minimum absolute atomic E-state index is 0.574. The molecular formula is C16H24N2S. The van der Waals surface area contributed by atoms with E-state index in [9.17, 15) is 0 Å². The van der Waals surface area contributed by atoms with Gasteiger partial charge < -0.3 is 10.2 Å². The quantitative estimate of drug-likeness (QED) is 0.913. The van der Waals surface area contributed by atoms with Gasteiger partial charge >= 0.3 is 0 Å². The zero-order valence-corrected chi connectivity index (χ0v) is 12.6. The summed E-state index contributed by atoms with van der Waals surface area (Å²) < 4.78 is 0. The Morgan fingerprint density at radius 1 is 1.32 bits per heavy atom. The van der Waals surface area contributed by atoms with Crippen LogP contribution in [0.5, 0.6) is 0 Å². The van der Waals surface area contributed by atoms with E-state index in [1.165, 1.54) is 55.1 Å². The van der Waals surface area contributed by atoms with E-state index < -0.39 is 0 Å². The summed E-state index contributed by atoms with van der Waals surface area (Å²) in [5.74, 6) is 2.08. The summed E-state index contributed by atoms with van der Waals surface area (Å²) in [6.07, 6.45) is 4.02. The Kier molecular flexibility index (Phi) is 4.46. The Morgan fingerprint density at radius 2 is 2.21 bits per heavy atom. The molecular weight excluding hydrogens is 252 g/mol. The first-order valence-electron chi connectivity index (χ1n) is 7.46. The van der Waals surface area contributed by atoms with Crippen LogP contribution in [0, 0.1) is 5.92 Å². The highest BCUT2D eigenvalue weighted by atomic mass is 32.2. The number of fused-ring (bicyclic) bond motifs is 1. The molecule has 1 aromatic rings. The first-order valence-corrected chi connectivity index (χ1v) is 8.45. The maximum Gasteiger partial charge on any atom is 0.0339 e. The summed E-state index contributed by atoms with van der Waals surface area (Å²) in [5.41, 5.74) is 1.52. The smallest absolute Gasteiger partial charge is 0.0339 e. The van der Waals surface area contributed by atoms with E-state index in [0.29, 0.717) is 6.04 Å². The molecule has 104 valence electrons. The molecule has 0 aromatic heterocycles. The van der Waals surface area contributed by atoms with Gasteiger partial charge in [0.25, 0.3) is 0 Å². The molecule has 0 spiro atoms. The molecule has 2 nitrogen and oxygen atoms in total. The Labute approximate surface area is 121 Å². The topological polar surface area (TPSA) is 15.3 Å². The van der Waals surface area contributed by atoms with Crippen LogP contribution in [0.15, 0.2) is 29.2 Å². The minimum atomic E-state index is 0.574. The molecule has 0 radical (unpaired) electrons. The summed E-state index contributed by atoms with van der Waals surface area (Å²) in [6.45, 7) is 3.71. The molecule has 2 atom stereocenters. The van der Waals surface area contributed by atoms with E-state index in [1.807, 2.05) is 11.8 Å². The summed E-state index contributed by atoms with van der Waals surface area (Å²) in [6, 6.07) is 9.47. The van der Waals surface area contributed by atoms with Gasteiger partial charge in [-0.3, -0.25) is 0 Å². The molecule has 2 unspecified atom stereocenters. The van der Waals surface area contributed by atoms with Gasteiger partial charge in [-0.15, -0.1) is 11.8 Å². The lowest BCUT2D eigenvalue weighted by Crippen LogP contribution is -2.38. The molecule has 0 bridgehead atoms. The summed E-state index contributed by atoms with van der Waals surface area (Å²) >= 11 is 2.01. The number of hydrogen-bond donors (Lipinski definition) is 1.